The number of ether oxygens (including phenoxy) is 1. The summed E-state index contributed by atoms with van der Waals surface area (Å²) in [6.07, 6.45) is -1.29. The molecule has 0 unspecified atom stereocenters. The summed E-state index contributed by atoms with van der Waals surface area (Å²) in [5.74, 6) is 1.24. The molecule has 4 rings (SSSR count). The maximum Gasteiger partial charge on any atom is 0.416 e. The Kier molecular flexibility index (Phi) is 6.76. The highest BCUT2D eigenvalue weighted by Gasteiger charge is 2.30. The van der Waals surface area contributed by atoms with Crippen molar-refractivity contribution in [3.8, 4) is 22.9 Å². The number of urea groups is 1. The van der Waals surface area contributed by atoms with Gasteiger partial charge in [-0.25, -0.2) is 19.7 Å². The largest absolute Gasteiger partial charge is 0.438 e. The molecule has 0 saturated heterocycles. The Morgan fingerprint density at radius 3 is 2.40 bits per heavy atom. The topological polar surface area (TPSA) is 101 Å². The van der Waals surface area contributed by atoms with Crippen LogP contribution >= 0.6 is 0 Å². The van der Waals surface area contributed by atoms with Gasteiger partial charge >= 0.3 is 12.2 Å². The van der Waals surface area contributed by atoms with E-state index < -0.39 is 17.8 Å². The fourth-order valence-electron chi connectivity index (χ4n) is 3.08. The van der Waals surface area contributed by atoms with Gasteiger partial charge in [0, 0.05) is 30.8 Å². The molecule has 0 spiro atoms. The highest BCUT2D eigenvalue weighted by atomic mass is 19.4. The lowest BCUT2D eigenvalue weighted by Crippen LogP contribution is -2.19. The van der Waals surface area contributed by atoms with Gasteiger partial charge < -0.3 is 20.7 Å². The van der Waals surface area contributed by atoms with Crippen LogP contribution in [0.3, 0.4) is 0 Å². The first-order chi connectivity index (χ1) is 16.8. The number of hydrogen-bond donors (Lipinski definition) is 3. The number of carbonyl (C=O) groups excluding carboxylic acids is 1. The molecular formula is C24H19F3N6O2. The average molecular weight is 480 g/mol. The Labute approximate surface area is 198 Å². The van der Waals surface area contributed by atoms with E-state index in [4.69, 9.17) is 4.74 Å². The van der Waals surface area contributed by atoms with Crippen LogP contribution in [-0.4, -0.2) is 28.0 Å². The van der Waals surface area contributed by atoms with Gasteiger partial charge in [0.2, 0.25) is 11.8 Å². The van der Waals surface area contributed by atoms with Crippen molar-refractivity contribution in [2.24, 2.45) is 0 Å². The van der Waals surface area contributed by atoms with Gasteiger partial charge in [-0.3, -0.25) is 0 Å². The SMILES string of the molecule is CNc1nccc(-c2cccnc2Oc2ccc(NC(=O)Nc3cccc(C(F)(F)F)c3)cc2)n1. The number of anilines is 3. The van der Waals surface area contributed by atoms with Crippen LogP contribution in [0.15, 0.2) is 79.1 Å². The van der Waals surface area contributed by atoms with Crippen molar-refractivity contribution in [1.82, 2.24) is 15.0 Å². The van der Waals surface area contributed by atoms with Crippen molar-refractivity contribution in [3.63, 3.8) is 0 Å². The third-order valence-corrected chi connectivity index (χ3v) is 4.70. The molecule has 35 heavy (non-hydrogen) atoms. The summed E-state index contributed by atoms with van der Waals surface area (Å²) in [5.41, 5.74) is 0.865. The number of alkyl halides is 3. The average Bonchev–Trinajstić information content (AvgIpc) is 2.85. The molecule has 0 radical (unpaired) electrons. The monoisotopic (exact) mass is 480 g/mol. The normalized spacial score (nSPS) is 11.0. The predicted molar refractivity (Wildman–Crippen MR) is 125 cm³/mol. The van der Waals surface area contributed by atoms with Gasteiger partial charge in [-0.15, -0.1) is 0 Å². The second-order valence-electron chi connectivity index (χ2n) is 7.16. The van der Waals surface area contributed by atoms with E-state index in [1.165, 1.54) is 12.1 Å². The first kappa shape index (κ1) is 23.5. The zero-order valence-electron chi connectivity index (χ0n) is 18.3. The summed E-state index contributed by atoms with van der Waals surface area (Å²) in [6, 6.07) is 15.4. The van der Waals surface area contributed by atoms with Crippen LogP contribution in [0, 0.1) is 0 Å². The van der Waals surface area contributed by atoms with Crippen molar-refractivity contribution < 1.29 is 22.7 Å². The van der Waals surface area contributed by atoms with Crippen LogP contribution in [0.1, 0.15) is 5.56 Å². The van der Waals surface area contributed by atoms with Crippen LogP contribution < -0.4 is 20.7 Å². The first-order valence-electron chi connectivity index (χ1n) is 10.3. The summed E-state index contributed by atoms with van der Waals surface area (Å²) in [4.78, 5) is 25.0. The molecule has 178 valence electrons. The fourth-order valence-corrected chi connectivity index (χ4v) is 3.08. The fraction of sp³-hybridized carbons (Fsp3) is 0.0833. The van der Waals surface area contributed by atoms with Crippen molar-refractivity contribution in [3.05, 3.63) is 84.7 Å². The van der Waals surface area contributed by atoms with Crippen LogP contribution in [0.4, 0.5) is 35.3 Å². The van der Waals surface area contributed by atoms with Gasteiger partial charge in [0.15, 0.2) is 0 Å². The smallest absolute Gasteiger partial charge is 0.416 e. The zero-order chi connectivity index (χ0) is 24.8. The number of pyridine rings is 1. The molecule has 2 heterocycles. The molecule has 2 aromatic carbocycles. The molecule has 0 fully saturated rings. The Morgan fingerprint density at radius 2 is 1.66 bits per heavy atom. The number of halogens is 3. The lowest BCUT2D eigenvalue weighted by atomic mass is 10.2. The Balaban J connectivity index is 1.43. The Bertz CT molecular complexity index is 1330. The number of rotatable bonds is 6. The van der Waals surface area contributed by atoms with Gasteiger partial charge in [0.1, 0.15) is 5.75 Å². The molecule has 0 atom stereocenters. The van der Waals surface area contributed by atoms with E-state index in [1.54, 1.807) is 55.8 Å². The molecule has 0 aliphatic carbocycles. The Morgan fingerprint density at radius 1 is 0.886 bits per heavy atom. The lowest BCUT2D eigenvalue weighted by molar-refractivity contribution is -0.137. The van der Waals surface area contributed by atoms with E-state index in [2.05, 4.69) is 30.9 Å². The minimum absolute atomic E-state index is 0.0195. The molecule has 8 nitrogen and oxygen atoms in total. The van der Waals surface area contributed by atoms with Crippen LogP contribution in [0.25, 0.3) is 11.3 Å². The van der Waals surface area contributed by atoms with Crippen molar-refractivity contribution in [1.29, 1.82) is 0 Å². The quantitative estimate of drug-likeness (QED) is 0.311. The lowest BCUT2D eigenvalue weighted by Gasteiger charge is -2.12. The van der Waals surface area contributed by atoms with Gasteiger partial charge in [-0.2, -0.15) is 13.2 Å². The third kappa shape index (κ3) is 6.02. The molecule has 0 aliphatic heterocycles. The molecule has 0 saturated carbocycles. The van der Waals surface area contributed by atoms with E-state index in [9.17, 15) is 18.0 Å². The number of amides is 2. The molecule has 3 N–H and O–H groups in total. The summed E-state index contributed by atoms with van der Waals surface area (Å²) >= 11 is 0. The number of benzene rings is 2. The van der Waals surface area contributed by atoms with Gasteiger partial charge in [0.25, 0.3) is 0 Å². The van der Waals surface area contributed by atoms with E-state index in [1.807, 2.05) is 6.07 Å². The first-order valence-corrected chi connectivity index (χ1v) is 10.3. The minimum atomic E-state index is -4.50. The van der Waals surface area contributed by atoms with E-state index >= 15 is 0 Å². The number of nitrogens with zero attached hydrogens (tertiary/aromatic N) is 3. The second kappa shape index (κ2) is 10.1. The van der Waals surface area contributed by atoms with E-state index in [0.29, 0.717) is 34.5 Å². The molecule has 0 aliphatic rings. The highest BCUT2D eigenvalue weighted by Crippen LogP contribution is 2.32. The van der Waals surface area contributed by atoms with Crippen molar-refractivity contribution in [2.45, 2.75) is 6.18 Å². The predicted octanol–water partition coefficient (Wildman–Crippen LogP) is 6.04. The van der Waals surface area contributed by atoms with Crippen LogP contribution in [0.5, 0.6) is 11.6 Å². The molecule has 11 heteroatoms. The number of carbonyl (C=O) groups is 1. The van der Waals surface area contributed by atoms with Gasteiger partial charge in [-0.05, 0) is 60.7 Å². The van der Waals surface area contributed by atoms with Gasteiger partial charge in [0.05, 0.1) is 16.8 Å². The standard InChI is InChI=1S/C24H19F3N6O2/c1-28-22-30-13-11-20(33-22)19-6-3-12-29-21(19)35-18-9-7-16(8-10-18)31-23(34)32-17-5-2-4-15(14-17)24(25,26)27/h2-14H,1H3,(H,28,30,33)(H2,31,32,34). The highest BCUT2D eigenvalue weighted by molar-refractivity contribution is 5.99. The van der Waals surface area contributed by atoms with Crippen molar-refractivity contribution >= 4 is 23.4 Å². The summed E-state index contributed by atoms with van der Waals surface area (Å²) < 4.78 is 44.5. The minimum Gasteiger partial charge on any atom is -0.438 e. The summed E-state index contributed by atoms with van der Waals surface area (Å²) in [5, 5.41) is 7.83. The maximum absolute atomic E-state index is 12.8. The summed E-state index contributed by atoms with van der Waals surface area (Å²) in [7, 11) is 1.72. The molecular weight excluding hydrogens is 461 g/mol. The maximum atomic E-state index is 12.8. The van der Waals surface area contributed by atoms with Gasteiger partial charge in [-0.1, -0.05) is 6.07 Å². The van der Waals surface area contributed by atoms with Crippen LogP contribution in [-0.2, 0) is 6.18 Å². The van der Waals surface area contributed by atoms with E-state index in [-0.39, 0.29) is 5.69 Å². The summed E-state index contributed by atoms with van der Waals surface area (Å²) in [6.45, 7) is 0. The number of aromatic nitrogens is 3. The number of nitrogens with one attached hydrogen (secondary N) is 3. The number of hydrogen-bond acceptors (Lipinski definition) is 6. The zero-order valence-corrected chi connectivity index (χ0v) is 18.3. The molecule has 4 aromatic rings. The second-order valence-corrected chi connectivity index (χ2v) is 7.16. The third-order valence-electron chi connectivity index (χ3n) is 4.70. The Hall–Kier alpha value is -4.67. The van der Waals surface area contributed by atoms with Crippen LogP contribution in [0.2, 0.25) is 0 Å². The van der Waals surface area contributed by atoms with Crippen molar-refractivity contribution in [2.75, 3.05) is 23.0 Å². The molecule has 2 aromatic heterocycles. The molecule has 2 amide bonds. The molecule has 0 bridgehead atoms. The van der Waals surface area contributed by atoms with E-state index in [0.717, 1.165) is 12.1 Å².